The number of hydrogen-bond acceptors (Lipinski definition) is 5. The molecule has 0 saturated carbocycles. The number of para-hydroxylation sites is 1. The monoisotopic (exact) mass is 369 g/mol. The summed E-state index contributed by atoms with van der Waals surface area (Å²) in [6.45, 7) is 2.23. The largest absolute Gasteiger partial charge is 0.356 e. The van der Waals surface area contributed by atoms with E-state index < -0.39 is 0 Å². The van der Waals surface area contributed by atoms with E-state index in [0.29, 0.717) is 22.1 Å². The lowest BCUT2D eigenvalue weighted by Gasteiger charge is -2.16. The molecule has 1 aliphatic carbocycles. The molecule has 0 aliphatic heterocycles. The van der Waals surface area contributed by atoms with Crippen molar-refractivity contribution in [2.75, 3.05) is 0 Å². The van der Waals surface area contributed by atoms with Gasteiger partial charge in [0.25, 0.3) is 5.91 Å². The minimum absolute atomic E-state index is 0.0374. The third-order valence-corrected chi connectivity index (χ3v) is 5.88. The number of nitrogens with zero attached hydrogens (tertiary/aromatic N) is 1. The van der Waals surface area contributed by atoms with Gasteiger partial charge in [-0.15, -0.1) is 11.3 Å². The van der Waals surface area contributed by atoms with Crippen molar-refractivity contribution in [1.29, 1.82) is 0 Å². The number of nitrogens with one attached hydrogen (secondary N) is 2. The number of fused-ring (bicyclic) bond motifs is 2. The van der Waals surface area contributed by atoms with E-state index in [0.717, 1.165) is 24.6 Å². The van der Waals surface area contributed by atoms with E-state index in [4.69, 9.17) is 4.52 Å². The maximum absolute atomic E-state index is 12.3. The lowest BCUT2D eigenvalue weighted by molar-refractivity contribution is -0.121. The van der Waals surface area contributed by atoms with E-state index in [2.05, 4.69) is 22.9 Å². The van der Waals surface area contributed by atoms with Crippen LogP contribution in [-0.4, -0.2) is 17.0 Å². The number of amides is 2. The summed E-state index contributed by atoms with van der Waals surface area (Å²) in [7, 11) is 0. The second kappa shape index (κ2) is 6.92. The first kappa shape index (κ1) is 16.8. The van der Waals surface area contributed by atoms with Crippen molar-refractivity contribution in [2.45, 2.75) is 32.6 Å². The highest BCUT2D eigenvalue weighted by molar-refractivity contribution is 7.14. The standard InChI is InChI=1S/C19H19N3O3S/c1-11-6-7-16-12(8-11)9-17(26-16)19(24)21-20-18(23)10-14-13-4-2-3-5-15(13)25-22-14/h2-5,9,11H,6-8,10H2,1H3,(H,20,23)(H,21,24)/t11-/m0/s1. The van der Waals surface area contributed by atoms with Gasteiger partial charge in [-0.25, -0.2) is 0 Å². The molecule has 7 heteroatoms. The van der Waals surface area contributed by atoms with Gasteiger partial charge in [-0.05, 0) is 48.9 Å². The summed E-state index contributed by atoms with van der Waals surface area (Å²) in [6, 6.07) is 9.30. The number of carbonyl (C=O) groups is 2. The maximum atomic E-state index is 12.3. The zero-order valence-electron chi connectivity index (χ0n) is 14.4. The molecule has 1 aliphatic rings. The summed E-state index contributed by atoms with van der Waals surface area (Å²) >= 11 is 1.51. The minimum atomic E-state index is -0.340. The number of benzene rings is 1. The predicted octanol–water partition coefficient (Wildman–Crippen LogP) is 3.02. The van der Waals surface area contributed by atoms with Gasteiger partial charge in [0.1, 0.15) is 5.69 Å². The van der Waals surface area contributed by atoms with Crippen LogP contribution in [0.1, 0.15) is 39.2 Å². The Labute approximate surface area is 154 Å². The summed E-state index contributed by atoms with van der Waals surface area (Å²) in [4.78, 5) is 26.4. The quantitative estimate of drug-likeness (QED) is 0.695. The molecule has 4 rings (SSSR count). The molecule has 0 unspecified atom stereocenters. The lowest BCUT2D eigenvalue weighted by Crippen LogP contribution is -2.42. The van der Waals surface area contributed by atoms with E-state index in [-0.39, 0.29) is 18.2 Å². The molecule has 1 atom stereocenters. The molecule has 3 aromatic rings. The molecule has 2 amide bonds. The fourth-order valence-corrected chi connectivity index (χ4v) is 4.37. The average Bonchev–Trinajstić information content (AvgIpc) is 3.24. The van der Waals surface area contributed by atoms with Crippen LogP contribution in [0.25, 0.3) is 11.0 Å². The van der Waals surface area contributed by atoms with Crippen molar-refractivity contribution in [3.05, 3.63) is 51.3 Å². The molecular weight excluding hydrogens is 350 g/mol. The van der Waals surface area contributed by atoms with Crippen LogP contribution in [0, 0.1) is 5.92 Å². The van der Waals surface area contributed by atoms with Gasteiger partial charge in [0.05, 0.1) is 11.3 Å². The first-order valence-electron chi connectivity index (χ1n) is 8.64. The fraction of sp³-hybridized carbons (Fsp3) is 0.316. The SMILES string of the molecule is C[C@H]1CCc2sc(C(=O)NNC(=O)Cc3noc4ccccc34)cc2C1. The molecule has 0 fully saturated rings. The Morgan fingerprint density at radius 2 is 2.15 bits per heavy atom. The van der Waals surface area contributed by atoms with Crippen LogP contribution in [0.2, 0.25) is 0 Å². The topological polar surface area (TPSA) is 84.2 Å². The van der Waals surface area contributed by atoms with E-state index in [1.165, 1.54) is 21.8 Å². The summed E-state index contributed by atoms with van der Waals surface area (Å²) in [6.07, 6.45) is 3.25. The van der Waals surface area contributed by atoms with E-state index in [9.17, 15) is 9.59 Å². The number of carbonyl (C=O) groups excluding carboxylic acids is 2. The third-order valence-electron chi connectivity index (χ3n) is 4.65. The van der Waals surface area contributed by atoms with Crippen molar-refractivity contribution >= 4 is 34.1 Å². The Morgan fingerprint density at radius 1 is 1.31 bits per heavy atom. The lowest BCUT2D eigenvalue weighted by atomic mass is 9.90. The Bertz CT molecular complexity index is 975. The second-order valence-electron chi connectivity index (χ2n) is 6.71. The fourth-order valence-electron chi connectivity index (χ4n) is 3.27. The van der Waals surface area contributed by atoms with Crippen LogP contribution < -0.4 is 10.9 Å². The van der Waals surface area contributed by atoms with Gasteiger partial charge < -0.3 is 4.52 Å². The average molecular weight is 369 g/mol. The van der Waals surface area contributed by atoms with Gasteiger partial charge in [0.15, 0.2) is 5.58 Å². The van der Waals surface area contributed by atoms with Gasteiger partial charge in [-0.1, -0.05) is 24.2 Å². The predicted molar refractivity (Wildman–Crippen MR) is 98.8 cm³/mol. The highest BCUT2D eigenvalue weighted by Gasteiger charge is 2.21. The Balaban J connectivity index is 1.36. The van der Waals surface area contributed by atoms with Crippen molar-refractivity contribution in [3.8, 4) is 0 Å². The molecule has 2 heterocycles. The highest BCUT2D eigenvalue weighted by Crippen LogP contribution is 2.32. The van der Waals surface area contributed by atoms with E-state index in [1.807, 2.05) is 24.3 Å². The second-order valence-corrected chi connectivity index (χ2v) is 7.85. The number of rotatable bonds is 3. The molecule has 2 N–H and O–H groups in total. The van der Waals surface area contributed by atoms with Crippen LogP contribution in [0.3, 0.4) is 0 Å². The van der Waals surface area contributed by atoms with Gasteiger partial charge in [-0.2, -0.15) is 0 Å². The third kappa shape index (κ3) is 3.35. The molecule has 0 saturated heterocycles. The highest BCUT2D eigenvalue weighted by atomic mass is 32.1. The summed E-state index contributed by atoms with van der Waals surface area (Å²) < 4.78 is 5.18. The van der Waals surface area contributed by atoms with Crippen LogP contribution in [0.4, 0.5) is 0 Å². The summed E-state index contributed by atoms with van der Waals surface area (Å²) in [5.41, 5.74) is 7.40. The smallest absolute Gasteiger partial charge is 0.279 e. The zero-order chi connectivity index (χ0) is 18.1. The molecular formula is C19H19N3O3S. The van der Waals surface area contributed by atoms with Crippen molar-refractivity contribution in [1.82, 2.24) is 16.0 Å². The molecule has 134 valence electrons. The van der Waals surface area contributed by atoms with Crippen LogP contribution in [0.15, 0.2) is 34.9 Å². The first-order chi connectivity index (χ1) is 12.6. The van der Waals surface area contributed by atoms with Crippen LogP contribution >= 0.6 is 11.3 Å². The van der Waals surface area contributed by atoms with Crippen LogP contribution in [0.5, 0.6) is 0 Å². The minimum Gasteiger partial charge on any atom is -0.356 e. The van der Waals surface area contributed by atoms with Crippen molar-refractivity contribution < 1.29 is 14.1 Å². The Hall–Kier alpha value is -2.67. The summed E-state index contributed by atoms with van der Waals surface area (Å²) in [5, 5.41) is 4.73. The number of aromatic nitrogens is 1. The number of thiophene rings is 1. The van der Waals surface area contributed by atoms with Crippen LogP contribution in [-0.2, 0) is 24.1 Å². The van der Waals surface area contributed by atoms with Gasteiger partial charge >= 0.3 is 0 Å². The Morgan fingerprint density at radius 3 is 3.04 bits per heavy atom. The zero-order valence-corrected chi connectivity index (χ0v) is 15.2. The number of hydrazine groups is 1. The number of hydrogen-bond donors (Lipinski definition) is 2. The maximum Gasteiger partial charge on any atom is 0.279 e. The summed E-state index contributed by atoms with van der Waals surface area (Å²) in [5.74, 6) is 0.0350. The number of aryl methyl sites for hydroxylation is 1. The van der Waals surface area contributed by atoms with E-state index >= 15 is 0 Å². The molecule has 0 radical (unpaired) electrons. The van der Waals surface area contributed by atoms with Gasteiger partial charge in [-0.3, -0.25) is 20.4 Å². The normalized spacial score (nSPS) is 16.3. The molecule has 0 bridgehead atoms. The molecule has 2 aromatic heterocycles. The first-order valence-corrected chi connectivity index (χ1v) is 9.46. The molecule has 0 spiro atoms. The van der Waals surface area contributed by atoms with Gasteiger partial charge in [0, 0.05) is 10.3 Å². The molecule has 26 heavy (non-hydrogen) atoms. The Kier molecular flexibility index (Phi) is 4.46. The van der Waals surface area contributed by atoms with E-state index in [1.54, 1.807) is 6.07 Å². The molecule has 1 aromatic carbocycles. The molecule has 6 nitrogen and oxygen atoms in total. The van der Waals surface area contributed by atoms with Crippen molar-refractivity contribution in [3.63, 3.8) is 0 Å². The van der Waals surface area contributed by atoms with Gasteiger partial charge in [0.2, 0.25) is 5.91 Å². The van der Waals surface area contributed by atoms with Crippen molar-refractivity contribution in [2.24, 2.45) is 5.92 Å².